The number of aromatic nitrogens is 2. The Labute approximate surface area is 141 Å². The van der Waals surface area contributed by atoms with Gasteiger partial charge in [0, 0.05) is 45.6 Å². The maximum absolute atomic E-state index is 4.68. The molecule has 1 aromatic carbocycles. The summed E-state index contributed by atoms with van der Waals surface area (Å²) in [6, 6.07) is 10.3. The second-order valence-electron chi connectivity index (χ2n) is 5.75. The molecule has 0 aliphatic carbocycles. The van der Waals surface area contributed by atoms with Gasteiger partial charge in [0.15, 0.2) is 11.1 Å². The largest absolute Gasteiger partial charge is 0.356 e. The Morgan fingerprint density at radius 2 is 2.17 bits per heavy atom. The van der Waals surface area contributed by atoms with Gasteiger partial charge in [0.1, 0.15) is 0 Å². The third-order valence-corrected chi connectivity index (χ3v) is 4.67. The minimum Gasteiger partial charge on any atom is -0.356 e. The number of rotatable bonds is 5. The van der Waals surface area contributed by atoms with Crippen molar-refractivity contribution in [1.82, 2.24) is 19.8 Å². The fraction of sp³-hybridized carbons (Fsp3) is 0.412. The fourth-order valence-electron chi connectivity index (χ4n) is 2.49. The van der Waals surface area contributed by atoms with E-state index in [1.807, 2.05) is 49.0 Å². The van der Waals surface area contributed by atoms with E-state index in [2.05, 4.69) is 38.2 Å². The van der Waals surface area contributed by atoms with E-state index in [9.17, 15) is 0 Å². The number of thioether (sulfide) groups is 1. The smallest absolute Gasteiger partial charge is 0.193 e. The molecule has 0 radical (unpaired) electrons. The van der Waals surface area contributed by atoms with Crippen molar-refractivity contribution in [3.8, 4) is 0 Å². The molecule has 0 atom stereocenters. The molecule has 0 unspecified atom stereocenters. The number of benzene rings is 1. The Kier molecular flexibility index (Phi) is 5.23. The van der Waals surface area contributed by atoms with Crippen molar-refractivity contribution in [2.75, 3.05) is 26.4 Å². The van der Waals surface area contributed by atoms with Gasteiger partial charge in [-0.1, -0.05) is 42.1 Å². The first-order chi connectivity index (χ1) is 11.2. The topological polar surface area (TPSA) is 45.5 Å². The summed E-state index contributed by atoms with van der Waals surface area (Å²) >= 11 is 1.84. The van der Waals surface area contributed by atoms with Gasteiger partial charge < -0.3 is 14.8 Å². The van der Waals surface area contributed by atoms with Crippen molar-refractivity contribution in [2.45, 2.75) is 24.7 Å². The highest BCUT2D eigenvalue weighted by Gasteiger charge is 2.14. The van der Waals surface area contributed by atoms with Crippen molar-refractivity contribution >= 4 is 17.7 Å². The Balaban J connectivity index is 1.52. The number of aliphatic imine (C=N–C) groups is 1. The summed E-state index contributed by atoms with van der Waals surface area (Å²) in [6.45, 7) is 2.62. The van der Waals surface area contributed by atoms with Crippen LogP contribution in [0.25, 0.3) is 0 Å². The molecular weight excluding hydrogens is 306 g/mol. The summed E-state index contributed by atoms with van der Waals surface area (Å²) in [6.07, 6.45) is 3.09. The molecule has 2 aromatic rings. The molecular formula is C17H23N5S. The van der Waals surface area contributed by atoms with E-state index in [0.29, 0.717) is 6.54 Å². The van der Waals surface area contributed by atoms with Crippen LogP contribution in [0.15, 0.2) is 46.7 Å². The van der Waals surface area contributed by atoms with Crippen molar-refractivity contribution in [2.24, 2.45) is 4.99 Å². The van der Waals surface area contributed by atoms with E-state index < -0.39 is 0 Å². The number of nitrogens with zero attached hydrogens (tertiary/aromatic N) is 4. The van der Waals surface area contributed by atoms with Gasteiger partial charge in [0.25, 0.3) is 0 Å². The van der Waals surface area contributed by atoms with Crippen LogP contribution >= 0.6 is 11.8 Å². The minimum atomic E-state index is 0.691. The number of aryl methyl sites for hydroxylation is 1. The van der Waals surface area contributed by atoms with Gasteiger partial charge >= 0.3 is 0 Å². The van der Waals surface area contributed by atoms with Crippen molar-refractivity contribution in [1.29, 1.82) is 0 Å². The maximum atomic E-state index is 4.68. The zero-order chi connectivity index (χ0) is 16.1. The molecule has 122 valence electrons. The molecule has 5 nitrogen and oxygen atoms in total. The summed E-state index contributed by atoms with van der Waals surface area (Å²) < 4.78 is 2.25. The van der Waals surface area contributed by atoms with E-state index in [1.54, 1.807) is 0 Å². The van der Waals surface area contributed by atoms with Crippen LogP contribution in [-0.4, -0.2) is 46.8 Å². The third-order valence-electron chi connectivity index (χ3n) is 3.70. The number of guanidine groups is 1. The Morgan fingerprint density at radius 1 is 1.35 bits per heavy atom. The van der Waals surface area contributed by atoms with Gasteiger partial charge in [-0.2, -0.15) is 0 Å². The SMILES string of the molecule is CN(C)C(=NCc1ccccc1)NCCc1cn2c(n1)SCC2. The van der Waals surface area contributed by atoms with E-state index >= 15 is 0 Å². The zero-order valence-electron chi connectivity index (χ0n) is 13.7. The van der Waals surface area contributed by atoms with E-state index in [1.165, 1.54) is 5.56 Å². The average Bonchev–Trinajstić information content (AvgIpc) is 3.12. The average molecular weight is 329 g/mol. The molecule has 3 rings (SSSR count). The lowest BCUT2D eigenvalue weighted by Gasteiger charge is -2.17. The van der Waals surface area contributed by atoms with Crippen LogP contribution < -0.4 is 5.32 Å². The quantitative estimate of drug-likeness (QED) is 0.675. The maximum Gasteiger partial charge on any atom is 0.193 e. The van der Waals surface area contributed by atoms with Crippen LogP contribution in [0.2, 0.25) is 0 Å². The Morgan fingerprint density at radius 3 is 2.91 bits per heavy atom. The molecule has 6 heteroatoms. The Bertz CT molecular complexity index is 641. The highest BCUT2D eigenvalue weighted by atomic mass is 32.2. The molecule has 2 heterocycles. The molecule has 23 heavy (non-hydrogen) atoms. The number of imidazole rings is 1. The lowest BCUT2D eigenvalue weighted by Crippen LogP contribution is -2.37. The van der Waals surface area contributed by atoms with E-state index in [4.69, 9.17) is 0 Å². The molecule has 0 saturated heterocycles. The van der Waals surface area contributed by atoms with Gasteiger partial charge in [-0.25, -0.2) is 9.98 Å². The first-order valence-corrected chi connectivity index (χ1v) is 8.89. The standard InChI is InChI=1S/C17H23N5S/c1-21(2)16(19-12-14-6-4-3-5-7-14)18-9-8-15-13-22-10-11-23-17(22)20-15/h3-7,13H,8-12H2,1-2H3,(H,18,19). The molecule has 1 aromatic heterocycles. The van der Waals surface area contributed by atoms with E-state index in [-0.39, 0.29) is 0 Å². The second-order valence-corrected chi connectivity index (χ2v) is 6.82. The van der Waals surface area contributed by atoms with Gasteiger partial charge in [0.05, 0.1) is 12.2 Å². The van der Waals surface area contributed by atoms with Gasteiger partial charge in [-0.3, -0.25) is 0 Å². The zero-order valence-corrected chi connectivity index (χ0v) is 14.5. The lowest BCUT2D eigenvalue weighted by atomic mass is 10.2. The molecule has 0 fully saturated rings. The predicted molar refractivity (Wildman–Crippen MR) is 95.9 cm³/mol. The van der Waals surface area contributed by atoms with Crippen LogP contribution in [-0.2, 0) is 19.5 Å². The molecule has 1 N–H and O–H groups in total. The summed E-state index contributed by atoms with van der Waals surface area (Å²) in [7, 11) is 4.03. The highest BCUT2D eigenvalue weighted by Crippen LogP contribution is 2.24. The van der Waals surface area contributed by atoms with Crippen LogP contribution in [0.5, 0.6) is 0 Å². The van der Waals surface area contributed by atoms with Crippen LogP contribution in [0.3, 0.4) is 0 Å². The van der Waals surface area contributed by atoms with Gasteiger partial charge in [-0.05, 0) is 5.56 Å². The molecule has 0 amide bonds. The number of nitrogens with one attached hydrogen (secondary N) is 1. The molecule has 1 aliphatic heterocycles. The molecule has 0 saturated carbocycles. The molecule has 1 aliphatic rings. The van der Waals surface area contributed by atoms with Gasteiger partial charge in [-0.15, -0.1) is 0 Å². The van der Waals surface area contributed by atoms with Crippen molar-refractivity contribution < 1.29 is 0 Å². The number of hydrogen-bond donors (Lipinski definition) is 1. The first kappa shape index (κ1) is 15.9. The Hall–Kier alpha value is -1.95. The monoisotopic (exact) mass is 329 g/mol. The molecule has 0 spiro atoms. The normalized spacial score (nSPS) is 13.9. The predicted octanol–water partition coefficient (Wildman–Crippen LogP) is 2.24. The van der Waals surface area contributed by atoms with Crippen LogP contribution in [0, 0.1) is 0 Å². The number of hydrogen-bond acceptors (Lipinski definition) is 3. The summed E-state index contributed by atoms with van der Waals surface area (Å²) in [5.41, 5.74) is 2.37. The summed E-state index contributed by atoms with van der Waals surface area (Å²) in [5.74, 6) is 2.06. The van der Waals surface area contributed by atoms with Crippen LogP contribution in [0.4, 0.5) is 0 Å². The highest BCUT2D eigenvalue weighted by molar-refractivity contribution is 7.99. The minimum absolute atomic E-state index is 0.691. The number of fused-ring (bicyclic) bond motifs is 1. The second kappa shape index (κ2) is 7.55. The molecule has 0 bridgehead atoms. The summed E-state index contributed by atoms with van der Waals surface area (Å²) in [5, 5.41) is 4.58. The van der Waals surface area contributed by atoms with Crippen molar-refractivity contribution in [3.05, 3.63) is 47.8 Å². The van der Waals surface area contributed by atoms with Crippen molar-refractivity contribution in [3.63, 3.8) is 0 Å². The van der Waals surface area contributed by atoms with Crippen LogP contribution in [0.1, 0.15) is 11.3 Å². The fourth-order valence-corrected chi connectivity index (χ4v) is 3.45. The third kappa shape index (κ3) is 4.28. The summed E-state index contributed by atoms with van der Waals surface area (Å²) in [4.78, 5) is 11.4. The lowest BCUT2D eigenvalue weighted by molar-refractivity contribution is 0.578. The van der Waals surface area contributed by atoms with E-state index in [0.717, 1.165) is 42.1 Å². The first-order valence-electron chi connectivity index (χ1n) is 7.91. The van der Waals surface area contributed by atoms with Gasteiger partial charge in [0.2, 0.25) is 0 Å².